The van der Waals surface area contributed by atoms with Gasteiger partial charge in [-0.15, -0.1) is 11.3 Å². The Balaban J connectivity index is 2.55. The van der Waals surface area contributed by atoms with Gasteiger partial charge in [0, 0.05) is 13.5 Å². The van der Waals surface area contributed by atoms with Gasteiger partial charge < -0.3 is 15.7 Å². The Hall–Kier alpha value is -1.84. The van der Waals surface area contributed by atoms with E-state index in [1.807, 2.05) is 0 Å². The summed E-state index contributed by atoms with van der Waals surface area (Å²) in [7, 11) is 1.51. The van der Waals surface area contributed by atoms with E-state index in [1.54, 1.807) is 12.1 Å². The van der Waals surface area contributed by atoms with Crippen LogP contribution in [-0.2, 0) is 4.79 Å². The maximum absolute atomic E-state index is 11.6. The van der Waals surface area contributed by atoms with Gasteiger partial charge in [-0.25, -0.2) is 0 Å². The molecule has 0 aliphatic heterocycles. The fourth-order valence-electron chi connectivity index (χ4n) is 1.07. The molecular formula is C12H14N2O3S. The van der Waals surface area contributed by atoms with Crippen LogP contribution in [0.2, 0.25) is 0 Å². The van der Waals surface area contributed by atoms with Crippen molar-refractivity contribution in [1.82, 2.24) is 10.6 Å². The Morgan fingerprint density at radius 1 is 1.44 bits per heavy atom. The molecule has 1 aromatic rings. The molecular weight excluding hydrogens is 252 g/mol. The molecule has 0 radical (unpaired) electrons. The number of hydrogen-bond acceptors (Lipinski definition) is 4. The van der Waals surface area contributed by atoms with Crippen molar-refractivity contribution in [2.45, 2.75) is 6.42 Å². The predicted octanol–water partition coefficient (Wildman–Crippen LogP) is -0.0422. The lowest BCUT2D eigenvalue weighted by atomic mass is 10.4. The van der Waals surface area contributed by atoms with E-state index in [2.05, 4.69) is 22.5 Å². The standard InChI is InChI=1S/C12H14N2O3S/c1-13-11(16)8-14-12(17)10-6-5-9(18-10)4-2-3-7-15/h5-6,15H,3,7-8H2,1H3,(H,13,16)(H,14,17). The van der Waals surface area contributed by atoms with Crippen molar-refractivity contribution in [3.05, 3.63) is 21.9 Å². The van der Waals surface area contributed by atoms with Crippen molar-refractivity contribution in [2.24, 2.45) is 0 Å². The van der Waals surface area contributed by atoms with Crippen LogP contribution in [0.25, 0.3) is 0 Å². The van der Waals surface area contributed by atoms with Gasteiger partial charge in [0.2, 0.25) is 5.91 Å². The molecule has 6 heteroatoms. The number of thiophene rings is 1. The van der Waals surface area contributed by atoms with Gasteiger partial charge in [0.15, 0.2) is 0 Å². The lowest BCUT2D eigenvalue weighted by Gasteiger charge is -2.01. The van der Waals surface area contributed by atoms with Crippen LogP contribution in [0, 0.1) is 11.8 Å². The second-order valence-electron chi connectivity index (χ2n) is 3.30. The van der Waals surface area contributed by atoms with Gasteiger partial charge in [0.25, 0.3) is 5.91 Å². The SMILES string of the molecule is CNC(=O)CNC(=O)c1ccc(C#CCCO)s1. The molecule has 5 nitrogen and oxygen atoms in total. The van der Waals surface area contributed by atoms with Crippen LogP contribution < -0.4 is 10.6 Å². The highest BCUT2D eigenvalue weighted by Gasteiger charge is 2.09. The zero-order chi connectivity index (χ0) is 13.4. The molecule has 0 fully saturated rings. The summed E-state index contributed by atoms with van der Waals surface area (Å²) in [5.41, 5.74) is 0. The van der Waals surface area contributed by atoms with Gasteiger partial charge in [-0.1, -0.05) is 11.8 Å². The maximum atomic E-state index is 11.6. The van der Waals surface area contributed by atoms with Gasteiger partial charge in [-0.05, 0) is 12.1 Å². The second-order valence-corrected chi connectivity index (χ2v) is 4.38. The molecule has 2 amide bonds. The number of carbonyl (C=O) groups excluding carboxylic acids is 2. The fraction of sp³-hybridized carbons (Fsp3) is 0.333. The number of nitrogens with one attached hydrogen (secondary N) is 2. The highest BCUT2D eigenvalue weighted by Crippen LogP contribution is 2.15. The third-order valence-electron chi connectivity index (χ3n) is 1.97. The lowest BCUT2D eigenvalue weighted by Crippen LogP contribution is -2.34. The monoisotopic (exact) mass is 266 g/mol. The minimum atomic E-state index is -0.293. The molecule has 1 rings (SSSR count). The van der Waals surface area contributed by atoms with Crippen molar-refractivity contribution >= 4 is 23.2 Å². The Labute approximate surface area is 109 Å². The number of rotatable bonds is 4. The molecule has 0 aliphatic carbocycles. The van der Waals surface area contributed by atoms with Gasteiger partial charge in [-0.3, -0.25) is 9.59 Å². The Kier molecular flexibility index (Phi) is 5.91. The molecule has 3 N–H and O–H groups in total. The van der Waals surface area contributed by atoms with E-state index in [0.717, 1.165) is 4.88 Å². The third kappa shape index (κ3) is 4.57. The summed E-state index contributed by atoms with van der Waals surface area (Å²) in [6, 6.07) is 3.40. The highest BCUT2D eigenvalue weighted by molar-refractivity contribution is 7.14. The van der Waals surface area contributed by atoms with Crippen molar-refractivity contribution in [3.63, 3.8) is 0 Å². The zero-order valence-electron chi connectivity index (χ0n) is 9.95. The summed E-state index contributed by atoms with van der Waals surface area (Å²) in [5.74, 6) is 5.08. The molecule has 0 saturated heterocycles. The topological polar surface area (TPSA) is 78.4 Å². The van der Waals surface area contributed by atoms with Gasteiger partial charge in [0.1, 0.15) is 0 Å². The average molecular weight is 266 g/mol. The van der Waals surface area contributed by atoms with Crippen LogP contribution in [0.4, 0.5) is 0 Å². The first-order chi connectivity index (χ1) is 8.67. The quantitative estimate of drug-likeness (QED) is 0.669. The van der Waals surface area contributed by atoms with Crippen LogP contribution in [0.15, 0.2) is 12.1 Å². The van der Waals surface area contributed by atoms with E-state index in [1.165, 1.54) is 18.4 Å². The highest BCUT2D eigenvalue weighted by atomic mass is 32.1. The van der Waals surface area contributed by atoms with Gasteiger partial charge >= 0.3 is 0 Å². The number of aliphatic hydroxyl groups is 1. The first-order valence-electron chi connectivity index (χ1n) is 5.35. The molecule has 0 spiro atoms. The lowest BCUT2D eigenvalue weighted by molar-refractivity contribution is -0.119. The molecule has 1 aromatic heterocycles. The number of amides is 2. The molecule has 96 valence electrons. The van der Waals surface area contributed by atoms with Crippen molar-refractivity contribution in [1.29, 1.82) is 0 Å². The average Bonchev–Trinajstić information content (AvgIpc) is 2.84. The van der Waals surface area contributed by atoms with Crippen LogP contribution in [0.3, 0.4) is 0 Å². The number of hydrogen-bond donors (Lipinski definition) is 3. The predicted molar refractivity (Wildman–Crippen MR) is 69.3 cm³/mol. The summed E-state index contributed by atoms with van der Waals surface area (Å²) in [5, 5.41) is 13.5. The summed E-state index contributed by atoms with van der Waals surface area (Å²) < 4.78 is 0. The van der Waals surface area contributed by atoms with Crippen molar-refractivity contribution in [3.8, 4) is 11.8 Å². The number of aliphatic hydroxyl groups excluding tert-OH is 1. The van der Waals surface area contributed by atoms with Crippen molar-refractivity contribution in [2.75, 3.05) is 20.2 Å². The summed E-state index contributed by atoms with van der Waals surface area (Å²) in [6.45, 7) is -0.0173. The molecule has 0 unspecified atom stereocenters. The molecule has 0 aromatic carbocycles. The molecule has 18 heavy (non-hydrogen) atoms. The second kappa shape index (κ2) is 7.48. The summed E-state index contributed by atoms with van der Waals surface area (Å²) in [4.78, 5) is 23.9. The smallest absolute Gasteiger partial charge is 0.261 e. The summed E-state index contributed by atoms with van der Waals surface area (Å²) >= 11 is 1.25. The normalized spacial score (nSPS) is 9.22. The van der Waals surface area contributed by atoms with E-state index in [9.17, 15) is 9.59 Å². The molecule has 0 aliphatic rings. The van der Waals surface area contributed by atoms with Crippen LogP contribution in [-0.4, -0.2) is 37.1 Å². The molecule has 0 saturated carbocycles. The minimum Gasteiger partial charge on any atom is -0.395 e. The van der Waals surface area contributed by atoms with E-state index in [0.29, 0.717) is 11.3 Å². The largest absolute Gasteiger partial charge is 0.395 e. The van der Waals surface area contributed by atoms with Gasteiger partial charge in [-0.2, -0.15) is 0 Å². The zero-order valence-corrected chi connectivity index (χ0v) is 10.8. The Morgan fingerprint density at radius 3 is 2.89 bits per heavy atom. The maximum Gasteiger partial charge on any atom is 0.261 e. The van der Waals surface area contributed by atoms with Crippen LogP contribution in [0.1, 0.15) is 21.0 Å². The Bertz CT molecular complexity index is 485. The first-order valence-corrected chi connectivity index (χ1v) is 6.17. The molecule has 0 atom stereocenters. The first kappa shape index (κ1) is 14.2. The summed E-state index contributed by atoms with van der Waals surface area (Å²) in [6.07, 6.45) is 0.413. The van der Waals surface area contributed by atoms with E-state index in [-0.39, 0.29) is 25.0 Å². The Morgan fingerprint density at radius 2 is 2.22 bits per heavy atom. The van der Waals surface area contributed by atoms with Crippen molar-refractivity contribution < 1.29 is 14.7 Å². The fourth-order valence-corrected chi connectivity index (χ4v) is 1.87. The number of likely N-dealkylation sites (N-methyl/N-ethyl adjacent to an activating group) is 1. The number of carbonyl (C=O) groups is 2. The van der Waals surface area contributed by atoms with E-state index < -0.39 is 0 Å². The van der Waals surface area contributed by atoms with E-state index >= 15 is 0 Å². The minimum absolute atomic E-state index is 0.0256. The molecule has 0 bridgehead atoms. The third-order valence-corrected chi connectivity index (χ3v) is 2.97. The molecule has 1 heterocycles. The van der Waals surface area contributed by atoms with Crippen LogP contribution in [0.5, 0.6) is 0 Å². The van der Waals surface area contributed by atoms with Crippen LogP contribution >= 0.6 is 11.3 Å². The van der Waals surface area contributed by atoms with E-state index in [4.69, 9.17) is 5.11 Å². The van der Waals surface area contributed by atoms with Gasteiger partial charge in [0.05, 0.1) is 22.9 Å².